The second kappa shape index (κ2) is 11.4. The Morgan fingerprint density at radius 1 is 1.08 bits per heavy atom. The summed E-state index contributed by atoms with van der Waals surface area (Å²) in [5.41, 5.74) is 1.42. The number of nitrogens with zero attached hydrogens (tertiary/aromatic N) is 3. The molecule has 0 spiro atoms. The first-order chi connectivity index (χ1) is 18.3. The van der Waals surface area contributed by atoms with Crippen LogP contribution in [0.3, 0.4) is 0 Å². The summed E-state index contributed by atoms with van der Waals surface area (Å²) in [6.45, 7) is 5.54. The Morgan fingerprint density at radius 2 is 1.79 bits per heavy atom. The highest BCUT2D eigenvalue weighted by molar-refractivity contribution is 5.71. The van der Waals surface area contributed by atoms with Crippen LogP contribution in [0.15, 0.2) is 30.3 Å². The van der Waals surface area contributed by atoms with Crippen LogP contribution in [-0.2, 0) is 11.3 Å². The van der Waals surface area contributed by atoms with Crippen molar-refractivity contribution in [2.75, 3.05) is 61.2 Å². The number of quaternary nitrogens is 1. The molecule has 0 aliphatic carbocycles. The minimum absolute atomic E-state index is 0.377. The van der Waals surface area contributed by atoms with E-state index in [0.717, 1.165) is 10.3 Å². The molecule has 2 atom stereocenters. The molecule has 4 rings (SSSR count). The molecule has 0 aromatic heterocycles. The number of carbonyl (C=O) groups is 1. The molecule has 1 fully saturated rings. The number of carboxylic acid groups (broad SMARTS) is 1. The zero-order valence-corrected chi connectivity index (χ0v) is 22.6. The Hall–Kier alpha value is -3.57. The van der Waals surface area contributed by atoms with Crippen LogP contribution in [0, 0.1) is 4.91 Å². The van der Waals surface area contributed by atoms with Gasteiger partial charge in [0.15, 0.2) is 17.5 Å². The monoisotopic (exact) mass is 531 g/mol. The van der Waals surface area contributed by atoms with Crippen molar-refractivity contribution in [2.24, 2.45) is 0 Å². The molecule has 2 unspecified atom stereocenters. The highest BCUT2D eigenvalue weighted by Gasteiger charge is 2.46. The minimum atomic E-state index is -0.848. The Balaban J connectivity index is 1.45. The van der Waals surface area contributed by atoms with Gasteiger partial charge in [-0.05, 0) is 19.1 Å². The summed E-state index contributed by atoms with van der Waals surface area (Å²) in [7, 11) is 6.33. The lowest BCUT2D eigenvalue weighted by Gasteiger charge is -2.47. The molecule has 2 aliphatic rings. The number of rotatable bonds is 11. The fourth-order valence-corrected chi connectivity index (χ4v) is 5.42. The Labute approximate surface area is 222 Å². The Kier molecular flexibility index (Phi) is 8.27. The molecule has 1 N–H and O–H groups in total. The standard InChI is InChI=1S/C27H36N3O8/c1-18(27(31)32)30(13-10-24-29(33)21-8-7-20(34-2)16-23(21)38-24)14-11-28(12-15-30)17-19-6-9-22(35-3)26(37-5)25(19)36-4/h6-9,16,18,24H,10-15,17H2,1-5H3/q+1/p+1. The zero-order chi connectivity index (χ0) is 27.4. The van der Waals surface area contributed by atoms with Crippen molar-refractivity contribution in [2.45, 2.75) is 32.2 Å². The second-order valence-electron chi connectivity index (χ2n) is 9.69. The van der Waals surface area contributed by atoms with Crippen molar-refractivity contribution in [3.05, 3.63) is 40.8 Å². The zero-order valence-electron chi connectivity index (χ0n) is 22.6. The highest BCUT2D eigenvalue weighted by atomic mass is 16.5. The van der Waals surface area contributed by atoms with Gasteiger partial charge in [-0.15, -0.1) is 0 Å². The number of nitroso groups, excluding NO2 is 1. The summed E-state index contributed by atoms with van der Waals surface area (Å²) < 4.78 is 29.0. The first-order valence-electron chi connectivity index (χ1n) is 12.7. The van der Waals surface area contributed by atoms with E-state index in [4.69, 9.17) is 23.7 Å². The van der Waals surface area contributed by atoms with Crippen LogP contribution in [0.1, 0.15) is 18.9 Å². The molecular weight excluding hydrogens is 494 g/mol. The predicted molar refractivity (Wildman–Crippen MR) is 139 cm³/mol. The van der Waals surface area contributed by atoms with E-state index in [9.17, 15) is 14.8 Å². The third-order valence-electron chi connectivity index (χ3n) is 7.83. The Morgan fingerprint density at radius 3 is 2.39 bits per heavy atom. The van der Waals surface area contributed by atoms with Gasteiger partial charge >= 0.3 is 17.9 Å². The molecule has 2 aromatic carbocycles. The third kappa shape index (κ3) is 5.21. The van der Waals surface area contributed by atoms with Gasteiger partial charge in [0, 0.05) is 42.2 Å². The van der Waals surface area contributed by atoms with E-state index in [1.165, 1.54) is 0 Å². The van der Waals surface area contributed by atoms with Crippen molar-refractivity contribution in [1.29, 1.82) is 0 Å². The van der Waals surface area contributed by atoms with Crippen molar-refractivity contribution in [3.63, 3.8) is 0 Å². The van der Waals surface area contributed by atoms with Gasteiger partial charge < -0.3 is 33.3 Å². The number of carboxylic acids is 1. The molecule has 1 saturated heterocycles. The maximum absolute atomic E-state index is 12.9. The van der Waals surface area contributed by atoms with Crippen molar-refractivity contribution in [1.82, 2.24) is 4.90 Å². The van der Waals surface area contributed by atoms with Crippen LogP contribution < -0.4 is 23.7 Å². The lowest BCUT2D eigenvalue weighted by molar-refractivity contribution is -0.946. The number of benzene rings is 2. The molecule has 206 valence electrons. The predicted octanol–water partition coefficient (Wildman–Crippen LogP) is 3.05. The summed E-state index contributed by atoms with van der Waals surface area (Å²) in [5.74, 6) is 2.02. The minimum Gasteiger partial charge on any atom is -0.497 e. The van der Waals surface area contributed by atoms with Crippen molar-refractivity contribution < 1.29 is 42.8 Å². The maximum Gasteiger partial charge on any atom is 0.362 e. The molecule has 38 heavy (non-hydrogen) atoms. The van der Waals surface area contributed by atoms with Gasteiger partial charge in [0.25, 0.3) is 0 Å². The molecule has 2 heterocycles. The van der Waals surface area contributed by atoms with E-state index >= 15 is 0 Å². The second-order valence-corrected chi connectivity index (χ2v) is 9.69. The molecule has 0 radical (unpaired) electrons. The van der Waals surface area contributed by atoms with E-state index < -0.39 is 18.2 Å². The lowest BCUT2D eigenvalue weighted by Crippen LogP contribution is -2.66. The summed E-state index contributed by atoms with van der Waals surface area (Å²) in [5, 5.41) is 9.93. The molecule has 2 aromatic rings. The number of ether oxygens (including phenoxy) is 5. The smallest absolute Gasteiger partial charge is 0.362 e. The van der Waals surface area contributed by atoms with E-state index in [2.05, 4.69) is 4.90 Å². The van der Waals surface area contributed by atoms with Gasteiger partial charge in [-0.25, -0.2) is 4.79 Å². The molecule has 11 nitrogen and oxygen atoms in total. The SMILES string of the molecule is COc1ccc2c(c1)OC(CC[N+]1(C(C)C(=O)O)CCN(Cc3ccc(OC)c(OC)c3OC)CC1)[N+]2=O. The van der Waals surface area contributed by atoms with E-state index in [-0.39, 0.29) is 0 Å². The normalized spacial score (nSPS) is 19.3. The molecule has 0 saturated carbocycles. The topological polar surface area (TPSA) is 107 Å². The summed E-state index contributed by atoms with van der Waals surface area (Å²) in [6.07, 6.45) is -0.302. The first kappa shape index (κ1) is 27.5. The molecule has 0 bridgehead atoms. The fourth-order valence-electron chi connectivity index (χ4n) is 5.42. The van der Waals surface area contributed by atoms with Gasteiger partial charge in [0.1, 0.15) is 12.2 Å². The van der Waals surface area contributed by atoms with Gasteiger partial charge in [-0.2, -0.15) is 0 Å². The van der Waals surface area contributed by atoms with Crippen LogP contribution in [-0.4, -0.2) is 98.7 Å². The number of piperazine rings is 1. The first-order valence-corrected chi connectivity index (χ1v) is 12.7. The van der Waals surface area contributed by atoms with Crippen LogP contribution in [0.2, 0.25) is 0 Å². The average Bonchev–Trinajstić information content (AvgIpc) is 3.26. The van der Waals surface area contributed by atoms with E-state index in [1.54, 1.807) is 53.6 Å². The number of methoxy groups -OCH3 is 4. The Bertz CT molecular complexity index is 1180. The van der Waals surface area contributed by atoms with Crippen molar-refractivity contribution in [3.8, 4) is 28.7 Å². The number of aliphatic carboxylic acids is 1. The van der Waals surface area contributed by atoms with Crippen LogP contribution >= 0.6 is 0 Å². The molecule has 2 aliphatic heterocycles. The van der Waals surface area contributed by atoms with Gasteiger partial charge in [-0.1, -0.05) is 6.07 Å². The number of fused-ring (bicyclic) bond motifs is 1. The van der Waals surface area contributed by atoms with Crippen molar-refractivity contribution >= 4 is 11.7 Å². The van der Waals surface area contributed by atoms with E-state index in [1.807, 2.05) is 12.1 Å². The van der Waals surface area contributed by atoms with Crippen LogP contribution in [0.4, 0.5) is 5.69 Å². The largest absolute Gasteiger partial charge is 0.497 e. The molecular formula is C27H37N3O8+2. The maximum atomic E-state index is 12.9. The fraction of sp³-hybridized carbons (Fsp3) is 0.519. The van der Waals surface area contributed by atoms with Gasteiger partial charge in [0.2, 0.25) is 11.5 Å². The van der Waals surface area contributed by atoms with E-state index in [0.29, 0.717) is 84.6 Å². The summed E-state index contributed by atoms with van der Waals surface area (Å²) in [6, 6.07) is 8.32. The van der Waals surface area contributed by atoms with Gasteiger partial charge in [0.05, 0.1) is 52.8 Å². The van der Waals surface area contributed by atoms with Gasteiger partial charge in [-0.3, -0.25) is 4.90 Å². The molecule has 0 amide bonds. The average molecular weight is 532 g/mol. The number of hydrogen-bond acceptors (Lipinski definition) is 8. The van der Waals surface area contributed by atoms with Crippen LogP contribution in [0.5, 0.6) is 28.7 Å². The lowest BCUT2D eigenvalue weighted by atomic mass is 10.1. The summed E-state index contributed by atoms with van der Waals surface area (Å²) >= 11 is 0. The van der Waals surface area contributed by atoms with Crippen LogP contribution in [0.25, 0.3) is 0 Å². The third-order valence-corrected chi connectivity index (χ3v) is 7.83. The quantitative estimate of drug-likeness (QED) is 0.346. The summed E-state index contributed by atoms with van der Waals surface area (Å²) in [4.78, 5) is 27.3. The molecule has 11 heteroatoms. The number of hydrogen-bond donors (Lipinski definition) is 1. The highest BCUT2D eigenvalue weighted by Crippen LogP contribution is 2.41.